The van der Waals surface area contributed by atoms with Gasteiger partial charge in [-0.15, -0.1) is 0 Å². The lowest BCUT2D eigenvalue weighted by Gasteiger charge is -1.95. The second kappa shape index (κ2) is 4.19. The van der Waals surface area contributed by atoms with Crippen LogP contribution in [0.1, 0.15) is 13.8 Å². The van der Waals surface area contributed by atoms with E-state index < -0.39 is 0 Å². The van der Waals surface area contributed by atoms with Gasteiger partial charge < -0.3 is 0 Å². The van der Waals surface area contributed by atoms with Crippen LogP contribution in [0.15, 0.2) is 29.3 Å². The summed E-state index contributed by atoms with van der Waals surface area (Å²) in [6.45, 7) is 3.19. The second-order valence-electron chi connectivity index (χ2n) is 2.73. The molecule has 68 valence electrons. The number of halogens is 1. The molecule has 0 heterocycles. The average molecular weight is 196 g/mol. The summed E-state index contributed by atoms with van der Waals surface area (Å²) in [7, 11) is 0. The number of carbonyl (C=O) groups is 1. The topological polar surface area (TPSA) is 29.4 Å². The van der Waals surface area contributed by atoms with Gasteiger partial charge in [0.1, 0.15) is 0 Å². The lowest BCUT2D eigenvalue weighted by Crippen LogP contribution is -2.03. The van der Waals surface area contributed by atoms with E-state index in [1.54, 1.807) is 31.2 Å². The second-order valence-corrected chi connectivity index (χ2v) is 3.17. The molecule has 1 rings (SSSR count). The van der Waals surface area contributed by atoms with Crippen molar-refractivity contribution in [1.82, 2.24) is 0 Å². The Balaban J connectivity index is 2.92. The van der Waals surface area contributed by atoms with E-state index in [1.807, 2.05) is 0 Å². The first-order valence-corrected chi connectivity index (χ1v) is 4.29. The molecule has 0 N–H and O–H groups in total. The molecule has 13 heavy (non-hydrogen) atoms. The summed E-state index contributed by atoms with van der Waals surface area (Å²) in [5, 5.41) is 0.666. The van der Waals surface area contributed by atoms with Crippen molar-refractivity contribution in [3.05, 3.63) is 29.3 Å². The minimum absolute atomic E-state index is 0.0186. The number of benzene rings is 1. The normalized spacial score (nSPS) is 11.5. The summed E-state index contributed by atoms with van der Waals surface area (Å²) in [6, 6.07) is 7.03. The summed E-state index contributed by atoms with van der Waals surface area (Å²) in [5.41, 5.74) is 1.25. The molecule has 0 aliphatic rings. The van der Waals surface area contributed by atoms with E-state index in [-0.39, 0.29) is 5.78 Å². The standard InChI is InChI=1S/C10H10ClNO/c1-7(8(2)13)12-10-5-3-9(11)4-6-10/h3-6H,1-2H3. The highest BCUT2D eigenvalue weighted by atomic mass is 35.5. The van der Waals surface area contributed by atoms with Gasteiger partial charge in [-0.1, -0.05) is 11.6 Å². The van der Waals surface area contributed by atoms with Gasteiger partial charge in [0.25, 0.3) is 0 Å². The van der Waals surface area contributed by atoms with E-state index in [1.165, 1.54) is 6.92 Å². The Labute approximate surface area is 82.3 Å². The van der Waals surface area contributed by atoms with Gasteiger partial charge in [-0.2, -0.15) is 0 Å². The van der Waals surface area contributed by atoms with E-state index in [0.717, 1.165) is 5.69 Å². The number of aliphatic imine (C=N–C) groups is 1. The highest BCUT2D eigenvalue weighted by Crippen LogP contribution is 2.16. The van der Waals surface area contributed by atoms with Crippen LogP contribution in [0.5, 0.6) is 0 Å². The van der Waals surface area contributed by atoms with E-state index in [0.29, 0.717) is 10.7 Å². The van der Waals surface area contributed by atoms with Gasteiger partial charge in [0, 0.05) is 11.9 Å². The third-order valence-corrected chi connectivity index (χ3v) is 1.88. The van der Waals surface area contributed by atoms with E-state index >= 15 is 0 Å². The third-order valence-electron chi connectivity index (χ3n) is 1.63. The zero-order valence-corrected chi connectivity index (χ0v) is 8.30. The summed E-state index contributed by atoms with van der Waals surface area (Å²) < 4.78 is 0. The summed E-state index contributed by atoms with van der Waals surface area (Å²) in [4.78, 5) is 15.0. The van der Waals surface area contributed by atoms with E-state index in [9.17, 15) is 4.79 Å². The fourth-order valence-corrected chi connectivity index (χ4v) is 0.914. The number of hydrogen-bond acceptors (Lipinski definition) is 2. The first kappa shape index (κ1) is 9.93. The molecule has 0 aliphatic heterocycles. The highest BCUT2D eigenvalue weighted by molar-refractivity contribution is 6.38. The Bertz CT molecular complexity index is 340. The van der Waals surface area contributed by atoms with Crippen molar-refractivity contribution in [3.8, 4) is 0 Å². The van der Waals surface area contributed by atoms with Crippen LogP contribution in [0.4, 0.5) is 5.69 Å². The van der Waals surface area contributed by atoms with Crippen molar-refractivity contribution in [2.24, 2.45) is 4.99 Å². The van der Waals surface area contributed by atoms with Crippen molar-refractivity contribution in [3.63, 3.8) is 0 Å². The van der Waals surface area contributed by atoms with E-state index in [4.69, 9.17) is 11.6 Å². The number of hydrogen-bond donors (Lipinski definition) is 0. The number of Topliss-reactive ketones (excluding diaryl/α,β-unsaturated/α-hetero) is 1. The Morgan fingerprint density at radius 1 is 1.23 bits per heavy atom. The maximum Gasteiger partial charge on any atom is 0.173 e. The Hall–Kier alpha value is -1.15. The molecule has 0 radical (unpaired) electrons. The highest BCUT2D eigenvalue weighted by Gasteiger charge is 1.97. The first-order chi connectivity index (χ1) is 6.09. The number of ketones is 1. The quantitative estimate of drug-likeness (QED) is 0.667. The number of nitrogens with zero attached hydrogens (tertiary/aromatic N) is 1. The molecule has 3 heteroatoms. The zero-order chi connectivity index (χ0) is 9.84. The van der Waals surface area contributed by atoms with Gasteiger partial charge >= 0.3 is 0 Å². The predicted molar refractivity (Wildman–Crippen MR) is 54.9 cm³/mol. The zero-order valence-electron chi connectivity index (χ0n) is 7.54. The average Bonchev–Trinajstić information content (AvgIpc) is 2.08. The third kappa shape index (κ3) is 2.99. The Kier molecular flexibility index (Phi) is 3.20. The summed E-state index contributed by atoms with van der Waals surface area (Å²) in [5.74, 6) is -0.0186. The van der Waals surface area contributed by atoms with Crippen molar-refractivity contribution in [1.29, 1.82) is 0 Å². The lowest BCUT2D eigenvalue weighted by atomic mass is 10.3. The molecule has 0 spiro atoms. The molecule has 0 atom stereocenters. The fourth-order valence-electron chi connectivity index (χ4n) is 0.788. The molecule has 0 saturated heterocycles. The minimum atomic E-state index is -0.0186. The van der Waals surface area contributed by atoms with Crippen LogP contribution in [0.2, 0.25) is 5.02 Å². The number of rotatable bonds is 2. The molecule has 0 aromatic heterocycles. The van der Waals surface area contributed by atoms with Gasteiger partial charge in [0.2, 0.25) is 0 Å². The summed E-state index contributed by atoms with van der Waals surface area (Å²) in [6.07, 6.45) is 0. The van der Waals surface area contributed by atoms with Gasteiger partial charge in [-0.05, 0) is 31.2 Å². The SMILES string of the molecule is CC(=O)C(C)=Nc1ccc(Cl)cc1. The van der Waals surface area contributed by atoms with E-state index in [2.05, 4.69) is 4.99 Å². The van der Waals surface area contributed by atoms with Gasteiger partial charge in [0.15, 0.2) is 5.78 Å². The van der Waals surface area contributed by atoms with Crippen molar-refractivity contribution >= 4 is 28.8 Å². The predicted octanol–water partition coefficient (Wildman–Crippen LogP) is 3.02. The smallest absolute Gasteiger partial charge is 0.173 e. The van der Waals surface area contributed by atoms with Crippen LogP contribution in [0, 0.1) is 0 Å². The monoisotopic (exact) mass is 195 g/mol. The van der Waals surface area contributed by atoms with Gasteiger partial charge in [-0.3, -0.25) is 9.79 Å². The maximum atomic E-state index is 10.9. The van der Waals surface area contributed by atoms with Crippen LogP contribution in [-0.2, 0) is 4.79 Å². The molecular formula is C10H10ClNO. The molecule has 0 aliphatic carbocycles. The van der Waals surface area contributed by atoms with Crippen molar-refractivity contribution < 1.29 is 4.79 Å². The minimum Gasteiger partial charge on any atom is -0.293 e. The molecule has 2 nitrogen and oxygen atoms in total. The molecule has 1 aromatic rings. The van der Waals surface area contributed by atoms with Gasteiger partial charge in [-0.25, -0.2) is 0 Å². The van der Waals surface area contributed by atoms with Crippen molar-refractivity contribution in [2.75, 3.05) is 0 Å². The summed E-state index contributed by atoms with van der Waals surface area (Å²) >= 11 is 5.70. The molecule has 0 bridgehead atoms. The van der Waals surface area contributed by atoms with Crippen LogP contribution < -0.4 is 0 Å². The van der Waals surface area contributed by atoms with Gasteiger partial charge in [0.05, 0.1) is 11.4 Å². The Morgan fingerprint density at radius 2 is 1.77 bits per heavy atom. The molecule has 1 aromatic carbocycles. The lowest BCUT2D eigenvalue weighted by molar-refractivity contribution is -0.111. The number of carbonyl (C=O) groups excluding carboxylic acids is 1. The van der Waals surface area contributed by atoms with Crippen LogP contribution in [0.3, 0.4) is 0 Å². The maximum absolute atomic E-state index is 10.9. The van der Waals surface area contributed by atoms with Crippen molar-refractivity contribution in [2.45, 2.75) is 13.8 Å². The molecular weight excluding hydrogens is 186 g/mol. The fraction of sp³-hybridized carbons (Fsp3) is 0.200. The molecule has 0 saturated carbocycles. The molecule has 0 fully saturated rings. The Morgan fingerprint density at radius 3 is 2.23 bits per heavy atom. The largest absolute Gasteiger partial charge is 0.293 e. The van der Waals surface area contributed by atoms with Crippen LogP contribution >= 0.6 is 11.6 Å². The van der Waals surface area contributed by atoms with Crippen LogP contribution in [-0.4, -0.2) is 11.5 Å². The first-order valence-electron chi connectivity index (χ1n) is 3.91. The van der Waals surface area contributed by atoms with Crippen LogP contribution in [0.25, 0.3) is 0 Å². The molecule has 0 amide bonds. The molecule has 0 unspecified atom stereocenters.